The van der Waals surface area contributed by atoms with Crippen molar-refractivity contribution in [2.24, 2.45) is 5.92 Å². The molecule has 4 aromatic rings. The third-order valence-electron chi connectivity index (χ3n) is 7.01. The first-order chi connectivity index (χ1) is 17.6. The Morgan fingerprint density at radius 1 is 1.08 bits per heavy atom. The molecule has 3 aromatic heterocycles. The molecule has 0 N–H and O–H groups in total. The van der Waals surface area contributed by atoms with E-state index in [9.17, 15) is 4.79 Å². The summed E-state index contributed by atoms with van der Waals surface area (Å²) in [4.78, 5) is 31.4. The van der Waals surface area contributed by atoms with E-state index in [1.165, 1.54) is 12.8 Å². The first-order valence-electron chi connectivity index (χ1n) is 12.3. The number of amides is 1. The number of rotatable bonds is 6. The van der Waals surface area contributed by atoms with Crippen LogP contribution in [-0.2, 0) is 6.54 Å². The van der Waals surface area contributed by atoms with E-state index < -0.39 is 0 Å². The minimum Gasteiger partial charge on any atom is -0.343 e. The second kappa shape index (κ2) is 9.67. The highest BCUT2D eigenvalue weighted by molar-refractivity contribution is 7.13. The van der Waals surface area contributed by atoms with Crippen LogP contribution in [0.3, 0.4) is 0 Å². The van der Waals surface area contributed by atoms with E-state index in [1.807, 2.05) is 41.3 Å². The molecule has 0 atom stereocenters. The SMILES string of the molecule is Cc1c(C(=O)N2CCN(c3ncccn3)CC2)cc(-c2csc(-c3ccccc3Cl)n2)n1CC1CC1. The average Bonchev–Trinajstić information content (AvgIpc) is 3.51. The van der Waals surface area contributed by atoms with Crippen molar-refractivity contribution in [1.82, 2.24) is 24.4 Å². The molecule has 6 rings (SSSR count). The monoisotopic (exact) mass is 518 g/mol. The third kappa shape index (κ3) is 4.51. The zero-order valence-corrected chi connectivity index (χ0v) is 21.7. The van der Waals surface area contributed by atoms with Gasteiger partial charge < -0.3 is 14.4 Å². The molecule has 36 heavy (non-hydrogen) atoms. The van der Waals surface area contributed by atoms with Crippen molar-refractivity contribution in [3.05, 3.63) is 70.5 Å². The van der Waals surface area contributed by atoms with Crippen molar-refractivity contribution in [2.75, 3.05) is 31.1 Å². The predicted molar refractivity (Wildman–Crippen MR) is 144 cm³/mol. The quantitative estimate of drug-likeness (QED) is 0.342. The average molecular weight is 519 g/mol. The molecule has 7 nitrogen and oxygen atoms in total. The van der Waals surface area contributed by atoms with Crippen molar-refractivity contribution in [2.45, 2.75) is 26.3 Å². The number of nitrogens with zero attached hydrogens (tertiary/aromatic N) is 6. The summed E-state index contributed by atoms with van der Waals surface area (Å²) < 4.78 is 2.30. The van der Waals surface area contributed by atoms with E-state index in [2.05, 4.69) is 31.7 Å². The van der Waals surface area contributed by atoms with Crippen molar-refractivity contribution in [1.29, 1.82) is 0 Å². The number of aromatic nitrogens is 4. The lowest BCUT2D eigenvalue weighted by molar-refractivity contribution is 0.0745. The molecule has 0 radical (unpaired) electrons. The van der Waals surface area contributed by atoms with Gasteiger partial charge >= 0.3 is 0 Å². The van der Waals surface area contributed by atoms with Gasteiger partial charge in [-0.3, -0.25) is 4.79 Å². The molecule has 4 heterocycles. The van der Waals surface area contributed by atoms with Gasteiger partial charge in [-0.05, 0) is 43.9 Å². The van der Waals surface area contributed by atoms with E-state index >= 15 is 0 Å². The highest BCUT2D eigenvalue weighted by Gasteiger charge is 2.30. The number of hydrogen-bond acceptors (Lipinski definition) is 6. The van der Waals surface area contributed by atoms with Crippen LogP contribution in [0.5, 0.6) is 0 Å². The van der Waals surface area contributed by atoms with Gasteiger partial charge in [-0.2, -0.15) is 0 Å². The third-order valence-corrected chi connectivity index (χ3v) is 8.21. The number of benzene rings is 1. The van der Waals surface area contributed by atoms with E-state index in [-0.39, 0.29) is 5.91 Å². The van der Waals surface area contributed by atoms with Gasteiger partial charge in [-0.15, -0.1) is 11.3 Å². The standard InChI is InChI=1S/C27H27ClN6OS/c1-18-21(26(35)32-11-13-33(14-12-32)27-29-9-4-10-30-27)15-24(34(18)16-19-7-8-19)23-17-36-25(31-23)20-5-2-3-6-22(20)28/h2-6,9-10,15,17,19H,7-8,11-14,16H2,1H3. The molecule has 184 valence electrons. The normalized spacial score (nSPS) is 15.9. The molecule has 0 bridgehead atoms. The van der Waals surface area contributed by atoms with Gasteiger partial charge in [0.1, 0.15) is 5.01 Å². The summed E-state index contributed by atoms with van der Waals surface area (Å²) in [5.74, 6) is 1.48. The first-order valence-corrected chi connectivity index (χ1v) is 13.6. The molecule has 1 aliphatic heterocycles. The fourth-order valence-corrected chi connectivity index (χ4v) is 5.89. The maximum Gasteiger partial charge on any atom is 0.255 e. The molecular weight excluding hydrogens is 492 g/mol. The van der Waals surface area contributed by atoms with E-state index in [0.717, 1.165) is 58.8 Å². The topological polar surface area (TPSA) is 67.2 Å². The van der Waals surface area contributed by atoms with E-state index in [1.54, 1.807) is 23.7 Å². The zero-order valence-electron chi connectivity index (χ0n) is 20.1. The summed E-state index contributed by atoms with van der Waals surface area (Å²) in [5, 5.41) is 3.65. The van der Waals surface area contributed by atoms with Crippen LogP contribution in [0.15, 0.2) is 54.2 Å². The fraction of sp³-hybridized carbons (Fsp3) is 0.333. The molecule has 1 saturated carbocycles. The van der Waals surface area contributed by atoms with Crippen molar-refractivity contribution < 1.29 is 4.79 Å². The summed E-state index contributed by atoms with van der Waals surface area (Å²) in [6.45, 7) is 5.72. The Kier molecular flexibility index (Phi) is 6.23. The molecule has 1 amide bonds. The van der Waals surface area contributed by atoms with Crippen LogP contribution in [0.4, 0.5) is 5.95 Å². The Morgan fingerprint density at radius 2 is 1.83 bits per heavy atom. The van der Waals surface area contributed by atoms with Crippen molar-refractivity contribution >= 4 is 34.8 Å². The molecule has 1 aliphatic carbocycles. The maximum absolute atomic E-state index is 13.7. The highest BCUT2D eigenvalue weighted by atomic mass is 35.5. The number of halogens is 1. The Hall–Kier alpha value is -3.23. The van der Waals surface area contributed by atoms with Gasteiger partial charge in [0.15, 0.2) is 0 Å². The minimum absolute atomic E-state index is 0.0819. The summed E-state index contributed by atoms with van der Waals surface area (Å²) in [6.07, 6.45) is 5.99. The predicted octanol–water partition coefficient (Wildman–Crippen LogP) is 5.40. The Balaban J connectivity index is 1.27. The lowest BCUT2D eigenvalue weighted by Crippen LogP contribution is -2.49. The fourth-order valence-electron chi connectivity index (χ4n) is 4.75. The van der Waals surface area contributed by atoms with Gasteiger partial charge in [0.25, 0.3) is 5.91 Å². The lowest BCUT2D eigenvalue weighted by Gasteiger charge is -2.34. The van der Waals surface area contributed by atoms with Crippen LogP contribution < -0.4 is 4.90 Å². The number of carbonyl (C=O) groups is 1. The molecule has 1 aromatic carbocycles. The van der Waals surface area contributed by atoms with Crippen LogP contribution in [0.1, 0.15) is 28.9 Å². The molecular formula is C27H27ClN6OS. The van der Waals surface area contributed by atoms with E-state index in [4.69, 9.17) is 16.6 Å². The number of thiazole rings is 1. The largest absolute Gasteiger partial charge is 0.343 e. The van der Waals surface area contributed by atoms with E-state index in [0.29, 0.717) is 24.0 Å². The Labute approximate surface area is 219 Å². The molecule has 2 aliphatic rings. The van der Waals surface area contributed by atoms with Gasteiger partial charge in [-0.1, -0.05) is 29.8 Å². The van der Waals surface area contributed by atoms with Crippen LogP contribution in [-0.4, -0.2) is 56.5 Å². The maximum atomic E-state index is 13.7. The summed E-state index contributed by atoms with van der Waals surface area (Å²) >= 11 is 8.01. The highest BCUT2D eigenvalue weighted by Crippen LogP contribution is 2.37. The van der Waals surface area contributed by atoms with Crippen LogP contribution in [0.2, 0.25) is 5.02 Å². The zero-order chi connectivity index (χ0) is 24.6. The molecule has 1 saturated heterocycles. The Morgan fingerprint density at radius 3 is 2.56 bits per heavy atom. The molecule has 0 spiro atoms. The van der Waals surface area contributed by atoms with Crippen molar-refractivity contribution in [3.63, 3.8) is 0 Å². The second-order valence-electron chi connectivity index (χ2n) is 9.43. The molecule has 9 heteroatoms. The van der Waals surface area contributed by atoms with Crippen LogP contribution in [0.25, 0.3) is 22.0 Å². The molecule has 0 unspecified atom stereocenters. The molecule has 2 fully saturated rings. The Bertz CT molecular complexity index is 1390. The second-order valence-corrected chi connectivity index (χ2v) is 10.7. The number of anilines is 1. The van der Waals surface area contributed by atoms with Gasteiger partial charge in [-0.25, -0.2) is 15.0 Å². The van der Waals surface area contributed by atoms with Crippen molar-refractivity contribution in [3.8, 4) is 22.0 Å². The number of piperazine rings is 1. The summed E-state index contributed by atoms with van der Waals surface area (Å²) in [6, 6.07) is 11.6. The number of carbonyl (C=O) groups excluding carboxylic acids is 1. The first kappa shape index (κ1) is 23.2. The summed E-state index contributed by atoms with van der Waals surface area (Å²) in [7, 11) is 0. The number of hydrogen-bond donors (Lipinski definition) is 0. The van der Waals surface area contributed by atoms with Crippen LogP contribution in [0, 0.1) is 12.8 Å². The summed E-state index contributed by atoms with van der Waals surface area (Å²) in [5.41, 5.74) is 4.62. The lowest BCUT2D eigenvalue weighted by atomic mass is 10.2. The smallest absolute Gasteiger partial charge is 0.255 e. The van der Waals surface area contributed by atoms with Gasteiger partial charge in [0.05, 0.1) is 22.0 Å². The van der Waals surface area contributed by atoms with Crippen LogP contribution >= 0.6 is 22.9 Å². The van der Waals surface area contributed by atoms with Gasteiger partial charge in [0, 0.05) is 61.8 Å². The van der Waals surface area contributed by atoms with Gasteiger partial charge in [0.2, 0.25) is 5.95 Å². The minimum atomic E-state index is 0.0819.